The summed E-state index contributed by atoms with van der Waals surface area (Å²) in [5, 5.41) is 0. The molecule has 4 heteroatoms. The van der Waals surface area contributed by atoms with E-state index in [1.54, 1.807) is 13.3 Å². The molecule has 0 unspecified atom stereocenters. The van der Waals surface area contributed by atoms with Crippen LogP contribution in [0.5, 0.6) is 5.75 Å². The summed E-state index contributed by atoms with van der Waals surface area (Å²) in [5.74, 6) is 1.60. The number of hydrogen-bond acceptors (Lipinski definition) is 3. The number of aromatic nitrogens is 3. The zero-order chi connectivity index (χ0) is 13.4. The second kappa shape index (κ2) is 4.39. The van der Waals surface area contributed by atoms with Crippen molar-refractivity contribution in [2.24, 2.45) is 0 Å². The summed E-state index contributed by atoms with van der Waals surface area (Å²) in [6.07, 6.45) is 1.74. The third-order valence-electron chi connectivity index (χ3n) is 3.24. The number of ether oxygens (including phenoxy) is 1. The van der Waals surface area contributed by atoms with Crippen molar-refractivity contribution in [2.45, 2.75) is 13.8 Å². The molecule has 2 heterocycles. The highest BCUT2D eigenvalue weighted by molar-refractivity contribution is 5.80. The van der Waals surface area contributed by atoms with Gasteiger partial charge in [0.15, 0.2) is 5.82 Å². The largest absolute Gasteiger partial charge is 0.496 e. The number of fused-ring (bicyclic) bond motifs is 1. The van der Waals surface area contributed by atoms with Crippen LogP contribution < -0.4 is 4.74 Å². The maximum atomic E-state index is 5.32. The quantitative estimate of drug-likeness (QED) is 0.762. The van der Waals surface area contributed by atoms with E-state index in [0.717, 1.165) is 33.9 Å². The molecule has 0 aliphatic carbocycles. The van der Waals surface area contributed by atoms with Crippen molar-refractivity contribution >= 4 is 11.0 Å². The Hall–Kier alpha value is -2.36. The van der Waals surface area contributed by atoms with Gasteiger partial charge in [0.25, 0.3) is 0 Å². The highest BCUT2D eigenvalue weighted by Gasteiger charge is 2.12. The van der Waals surface area contributed by atoms with Gasteiger partial charge in [-0.05, 0) is 37.6 Å². The van der Waals surface area contributed by atoms with Gasteiger partial charge in [0.2, 0.25) is 0 Å². The Kier molecular flexibility index (Phi) is 2.71. The minimum absolute atomic E-state index is 0.775. The standard InChI is InChI=1S/C15H15N3O/c1-9-4-5-11-12(8-9)18-15(17-11)14-10(2)13(19-3)6-7-16-14/h4-8H,1-3H3,(H,17,18). The average Bonchev–Trinajstić information content (AvgIpc) is 2.81. The SMILES string of the molecule is COc1ccnc(-c2nc3cc(C)ccc3[nH]2)c1C. The van der Waals surface area contributed by atoms with Gasteiger partial charge < -0.3 is 9.72 Å². The molecule has 0 saturated heterocycles. The summed E-state index contributed by atoms with van der Waals surface area (Å²) in [6.45, 7) is 4.04. The second-order valence-corrected chi connectivity index (χ2v) is 4.59. The molecule has 0 fully saturated rings. The number of pyridine rings is 1. The van der Waals surface area contributed by atoms with Crippen molar-refractivity contribution in [3.63, 3.8) is 0 Å². The fourth-order valence-corrected chi connectivity index (χ4v) is 2.21. The van der Waals surface area contributed by atoms with Crippen molar-refractivity contribution in [3.05, 3.63) is 41.6 Å². The van der Waals surface area contributed by atoms with Crippen molar-refractivity contribution in [3.8, 4) is 17.3 Å². The molecule has 0 bridgehead atoms. The smallest absolute Gasteiger partial charge is 0.157 e. The number of rotatable bonds is 2. The summed E-state index contributed by atoms with van der Waals surface area (Å²) < 4.78 is 5.32. The maximum Gasteiger partial charge on any atom is 0.157 e. The van der Waals surface area contributed by atoms with E-state index < -0.39 is 0 Å². The number of imidazole rings is 1. The van der Waals surface area contributed by atoms with Crippen LogP contribution in [0.3, 0.4) is 0 Å². The van der Waals surface area contributed by atoms with Crippen LogP contribution in [0.25, 0.3) is 22.6 Å². The van der Waals surface area contributed by atoms with E-state index in [2.05, 4.69) is 34.0 Å². The zero-order valence-corrected chi connectivity index (χ0v) is 11.2. The van der Waals surface area contributed by atoms with Gasteiger partial charge in [0.1, 0.15) is 11.4 Å². The second-order valence-electron chi connectivity index (χ2n) is 4.59. The number of aromatic amines is 1. The maximum absolute atomic E-state index is 5.32. The summed E-state index contributed by atoms with van der Waals surface area (Å²) in [5.41, 5.74) is 4.98. The van der Waals surface area contributed by atoms with Crippen LogP contribution in [0, 0.1) is 13.8 Å². The van der Waals surface area contributed by atoms with E-state index in [1.165, 1.54) is 5.56 Å². The van der Waals surface area contributed by atoms with E-state index in [9.17, 15) is 0 Å². The van der Waals surface area contributed by atoms with E-state index in [-0.39, 0.29) is 0 Å². The van der Waals surface area contributed by atoms with E-state index in [0.29, 0.717) is 0 Å². The molecule has 3 rings (SSSR count). The fraction of sp³-hybridized carbons (Fsp3) is 0.200. The van der Waals surface area contributed by atoms with Crippen molar-refractivity contribution in [1.82, 2.24) is 15.0 Å². The first-order chi connectivity index (χ1) is 9.19. The number of methoxy groups -OCH3 is 1. The number of benzene rings is 1. The van der Waals surface area contributed by atoms with Crippen molar-refractivity contribution < 1.29 is 4.74 Å². The summed E-state index contributed by atoms with van der Waals surface area (Å²) in [6, 6.07) is 8.02. The van der Waals surface area contributed by atoms with Gasteiger partial charge in [-0.15, -0.1) is 0 Å². The van der Waals surface area contributed by atoms with Crippen LogP contribution in [0.2, 0.25) is 0 Å². The van der Waals surface area contributed by atoms with Crippen LogP contribution in [-0.2, 0) is 0 Å². The lowest BCUT2D eigenvalue weighted by atomic mass is 10.2. The lowest BCUT2D eigenvalue weighted by Crippen LogP contribution is -1.94. The average molecular weight is 253 g/mol. The summed E-state index contributed by atoms with van der Waals surface area (Å²) >= 11 is 0. The first kappa shape index (κ1) is 11.7. The Balaban J connectivity index is 2.19. The van der Waals surface area contributed by atoms with Gasteiger partial charge in [0, 0.05) is 11.8 Å². The van der Waals surface area contributed by atoms with Gasteiger partial charge in [-0.2, -0.15) is 0 Å². The third kappa shape index (κ3) is 1.95. The molecule has 0 atom stereocenters. The van der Waals surface area contributed by atoms with E-state index in [1.807, 2.05) is 19.1 Å². The molecule has 0 amide bonds. The number of nitrogens with zero attached hydrogens (tertiary/aromatic N) is 2. The molecule has 1 N–H and O–H groups in total. The predicted octanol–water partition coefficient (Wildman–Crippen LogP) is 3.25. The third-order valence-corrected chi connectivity index (χ3v) is 3.24. The number of aryl methyl sites for hydroxylation is 1. The number of hydrogen-bond donors (Lipinski definition) is 1. The summed E-state index contributed by atoms with van der Waals surface area (Å²) in [4.78, 5) is 12.3. The topological polar surface area (TPSA) is 50.8 Å². The highest BCUT2D eigenvalue weighted by Crippen LogP contribution is 2.27. The van der Waals surface area contributed by atoms with Gasteiger partial charge >= 0.3 is 0 Å². The number of H-pyrrole nitrogens is 1. The Labute approximate surface area is 111 Å². The molecule has 4 nitrogen and oxygen atoms in total. The minimum Gasteiger partial charge on any atom is -0.496 e. The number of nitrogens with one attached hydrogen (secondary N) is 1. The minimum atomic E-state index is 0.775. The Morgan fingerprint density at radius 3 is 2.79 bits per heavy atom. The fourth-order valence-electron chi connectivity index (χ4n) is 2.21. The van der Waals surface area contributed by atoms with Gasteiger partial charge in [0.05, 0.1) is 18.1 Å². The summed E-state index contributed by atoms with van der Waals surface area (Å²) in [7, 11) is 1.66. The van der Waals surface area contributed by atoms with Crippen molar-refractivity contribution in [2.75, 3.05) is 7.11 Å². The normalized spacial score (nSPS) is 10.9. The lowest BCUT2D eigenvalue weighted by Gasteiger charge is -2.06. The lowest BCUT2D eigenvalue weighted by molar-refractivity contribution is 0.411. The Morgan fingerprint density at radius 1 is 1.16 bits per heavy atom. The molecule has 0 spiro atoms. The van der Waals surface area contributed by atoms with Gasteiger partial charge in [-0.3, -0.25) is 4.98 Å². The highest BCUT2D eigenvalue weighted by atomic mass is 16.5. The first-order valence-corrected chi connectivity index (χ1v) is 6.15. The van der Waals surface area contributed by atoms with Crippen LogP contribution in [0.1, 0.15) is 11.1 Å². The van der Waals surface area contributed by atoms with E-state index >= 15 is 0 Å². The monoisotopic (exact) mass is 253 g/mol. The van der Waals surface area contributed by atoms with Crippen LogP contribution in [0.4, 0.5) is 0 Å². The first-order valence-electron chi connectivity index (χ1n) is 6.15. The van der Waals surface area contributed by atoms with Gasteiger partial charge in [-0.25, -0.2) is 4.98 Å². The molecular formula is C15H15N3O. The molecule has 96 valence electrons. The molecular weight excluding hydrogens is 238 g/mol. The molecule has 19 heavy (non-hydrogen) atoms. The van der Waals surface area contributed by atoms with Crippen LogP contribution in [-0.4, -0.2) is 22.1 Å². The molecule has 0 saturated carbocycles. The van der Waals surface area contributed by atoms with E-state index in [4.69, 9.17) is 4.74 Å². The van der Waals surface area contributed by atoms with Crippen LogP contribution >= 0.6 is 0 Å². The molecule has 3 aromatic rings. The molecule has 0 radical (unpaired) electrons. The Morgan fingerprint density at radius 2 is 2.00 bits per heavy atom. The van der Waals surface area contributed by atoms with Crippen molar-refractivity contribution in [1.29, 1.82) is 0 Å². The molecule has 0 aliphatic heterocycles. The molecule has 2 aromatic heterocycles. The van der Waals surface area contributed by atoms with Crippen LogP contribution in [0.15, 0.2) is 30.5 Å². The molecule has 0 aliphatic rings. The zero-order valence-electron chi connectivity index (χ0n) is 11.2. The predicted molar refractivity (Wildman–Crippen MR) is 75.4 cm³/mol. The molecule has 1 aromatic carbocycles. The van der Waals surface area contributed by atoms with Gasteiger partial charge in [-0.1, -0.05) is 6.07 Å². The Bertz CT molecular complexity index is 746.